The molecule has 0 saturated heterocycles. The number of nitrogens with two attached hydrogens (primary N) is 1. The van der Waals surface area contributed by atoms with Gasteiger partial charge in [0.25, 0.3) is 0 Å². The number of methoxy groups -OCH3 is 1. The topological polar surface area (TPSA) is 100 Å². The van der Waals surface area contributed by atoms with Crippen molar-refractivity contribution >= 4 is 11.9 Å². The standard InChI is InChI=1S/C11H18N4O3/c1-4-5-8-9(11(17)18-3)13-14-15(8)6-7(2)10(12)16/h7H,4-6H2,1-3H3,(H2,12,16). The third-order valence-electron chi connectivity index (χ3n) is 2.64. The maximum atomic E-state index is 11.5. The van der Waals surface area contributed by atoms with Gasteiger partial charge in [-0.05, 0) is 6.42 Å². The summed E-state index contributed by atoms with van der Waals surface area (Å²) >= 11 is 0. The zero-order valence-electron chi connectivity index (χ0n) is 10.8. The van der Waals surface area contributed by atoms with Crippen molar-refractivity contribution in [1.82, 2.24) is 15.0 Å². The van der Waals surface area contributed by atoms with Crippen molar-refractivity contribution in [1.29, 1.82) is 0 Å². The fraction of sp³-hybridized carbons (Fsp3) is 0.636. The number of amides is 1. The first kappa shape index (κ1) is 14.1. The summed E-state index contributed by atoms with van der Waals surface area (Å²) in [5.74, 6) is -1.29. The van der Waals surface area contributed by atoms with Crippen molar-refractivity contribution in [2.24, 2.45) is 11.7 Å². The molecule has 1 atom stereocenters. The van der Waals surface area contributed by atoms with E-state index in [1.165, 1.54) is 7.11 Å². The van der Waals surface area contributed by atoms with E-state index in [2.05, 4.69) is 15.0 Å². The van der Waals surface area contributed by atoms with Crippen LogP contribution in [0.5, 0.6) is 0 Å². The van der Waals surface area contributed by atoms with E-state index in [4.69, 9.17) is 5.73 Å². The Hall–Kier alpha value is -1.92. The summed E-state index contributed by atoms with van der Waals surface area (Å²) < 4.78 is 6.19. The molecule has 7 heteroatoms. The Morgan fingerprint density at radius 3 is 2.67 bits per heavy atom. The molecule has 1 aromatic heterocycles. The van der Waals surface area contributed by atoms with Crippen molar-refractivity contribution < 1.29 is 14.3 Å². The zero-order chi connectivity index (χ0) is 13.7. The molecule has 0 bridgehead atoms. The minimum atomic E-state index is -0.517. The summed E-state index contributed by atoms with van der Waals surface area (Å²) in [6, 6.07) is 0. The lowest BCUT2D eigenvalue weighted by molar-refractivity contribution is -0.121. The molecule has 0 aliphatic heterocycles. The Kier molecular flexibility index (Phi) is 4.82. The quantitative estimate of drug-likeness (QED) is 0.728. The van der Waals surface area contributed by atoms with E-state index in [9.17, 15) is 9.59 Å². The third-order valence-corrected chi connectivity index (χ3v) is 2.64. The highest BCUT2D eigenvalue weighted by Crippen LogP contribution is 2.12. The Bertz CT molecular complexity index is 441. The van der Waals surface area contributed by atoms with E-state index < -0.39 is 11.9 Å². The Balaban J connectivity index is 3.01. The highest BCUT2D eigenvalue weighted by molar-refractivity contribution is 5.88. The summed E-state index contributed by atoms with van der Waals surface area (Å²) in [4.78, 5) is 22.6. The molecule has 1 rings (SSSR count). The molecular weight excluding hydrogens is 236 g/mol. The van der Waals surface area contributed by atoms with E-state index >= 15 is 0 Å². The molecule has 18 heavy (non-hydrogen) atoms. The number of primary amides is 1. The van der Waals surface area contributed by atoms with Gasteiger partial charge in [-0.25, -0.2) is 9.48 Å². The molecule has 1 aromatic rings. The fourth-order valence-electron chi connectivity index (χ4n) is 1.57. The van der Waals surface area contributed by atoms with E-state index in [-0.39, 0.29) is 11.6 Å². The molecule has 0 spiro atoms. The number of rotatable bonds is 6. The molecule has 0 aromatic carbocycles. The van der Waals surface area contributed by atoms with Gasteiger partial charge in [0, 0.05) is 0 Å². The first-order valence-corrected chi connectivity index (χ1v) is 5.81. The Morgan fingerprint density at radius 1 is 1.50 bits per heavy atom. The van der Waals surface area contributed by atoms with Gasteiger partial charge in [0.1, 0.15) is 0 Å². The smallest absolute Gasteiger partial charge is 0.360 e. The van der Waals surface area contributed by atoms with Crippen LogP contribution in [0.3, 0.4) is 0 Å². The van der Waals surface area contributed by atoms with Crippen molar-refractivity contribution in [3.8, 4) is 0 Å². The molecule has 1 amide bonds. The molecule has 2 N–H and O–H groups in total. The largest absolute Gasteiger partial charge is 0.464 e. The van der Waals surface area contributed by atoms with Crippen LogP contribution in [0.1, 0.15) is 36.5 Å². The minimum Gasteiger partial charge on any atom is -0.464 e. The molecule has 0 fully saturated rings. The second kappa shape index (κ2) is 6.13. The predicted octanol–water partition coefficient (Wildman–Crippen LogP) is 0.139. The van der Waals surface area contributed by atoms with Crippen LogP contribution in [-0.4, -0.2) is 34.0 Å². The SMILES string of the molecule is CCCc1c(C(=O)OC)nnn1CC(C)C(N)=O. The molecular formula is C11H18N4O3. The van der Waals surface area contributed by atoms with E-state index in [0.717, 1.165) is 6.42 Å². The first-order chi connectivity index (χ1) is 8.51. The molecule has 0 aliphatic carbocycles. The summed E-state index contributed by atoms with van der Waals surface area (Å²) in [5, 5.41) is 7.69. The van der Waals surface area contributed by atoms with Crippen LogP contribution in [-0.2, 0) is 22.5 Å². The Labute approximate surface area is 105 Å². The highest BCUT2D eigenvalue weighted by atomic mass is 16.5. The van der Waals surface area contributed by atoms with Crippen molar-refractivity contribution in [2.75, 3.05) is 7.11 Å². The lowest BCUT2D eigenvalue weighted by atomic mass is 10.1. The molecule has 0 aliphatic rings. The molecule has 1 unspecified atom stereocenters. The van der Waals surface area contributed by atoms with Crippen LogP contribution in [0.2, 0.25) is 0 Å². The van der Waals surface area contributed by atoms with E-state index in [1.54, 1.807) is 11.6 Å². The van der Waals surface area contributed by atoms with Gasteiger partial charge in [-0.3, -0.25) is 4.79 Å². The van der Waals surface area contributed by atoms with Gasteiger partial charge in [-0.1, -0.05) is 25.5 Å². The third kappa shape index (κ3) is 3.06. The van der Waals surface area contributed by atoms with Gasteiger partial charge in [-0.15, -0.1) is 5.10 Å². The van der Waals surface area contributed by atoms with Gasteiger partial charge >= 0.3 is 5.97 Å². The minimum absolute atomic E-state index is 0.205. The normalized spacial score (nSPS) is 12.2. The number of carbonyl (C=O) groups excluding carboxylic acids is 2. The van der Waals surface area contributed by atoms with Gasteiger partial charge in [-0.2, -0.15) is 0 Å². The summed E-state index contributed by atoms with van der Waals surface area (Å²) in [7, 11) is 1.29. The monoisotopic (exact) mass is 254 g/mol. The average Bonchev–Trinajstić information content (AvgIpc) is 2.72. The summed E-state index contributed by atoms with van der Waals surface area (Å²) in [6.45, 7) is 4.00. The predicted molar refractivity (Wildman–Crippen MR) is 63.7 cm³/mol. The summed E-state index contributed by atoms with van der Waals surface area (Å²) in [6.07, 6.45) is 1.48. The maximum absolute atomic E-state index is 11.5. The molecule has 0 saturated carbocycles. The van der Waals surface area contributed by atoms with Gasteiger partial charge in [0.2, 0.25) is 5.91 Å². The number of carbonyl (C=O) groups is 2. The number of hydrogen-bond donors (Lipinski definition) is 1. The van der Waals surface area contributed by atoms with Crippen LogP contribution < -0.4 is 5.73 Å². The van der Waals surface area contributed by atoms with Gasteiger partial charge in [0.05, 0.1) is 25.3 Å². The van der Waals surface area contributed by atoms with Crippen molar-refractivity contribution in [3.05, 3.63) is 11.4 Å². The maximum Gasteiger partial charge on any atom is 0.360 e. The first-order valence-electron chi connectivity index (χ1n) is 5.81. The van der Waals surface area contributed by atoms with E-state index in [1.807, 2.05) is 6.92 Å². The molecule has 100 valence electrons. The number of ether oxygens (including phenoxy) is 1. The van der Waals surface area contributed by atoms with Crippen molar-refractivity contribution in [2.45, 2.75) is 33.2 Å². The number of aromatic nitrogens is 3. The molecule has 1 heterocycles. The number of nitrogens with zero attached hydrogens (tertiary/aromatic N) is 3. The van der Waals surface area contributed by atoms with Crippen LogP contribution >= 0.6 is 0 Å². The molecule has 7 nitrogen and oxygen atoms in total. The van der Waals surface area contributed by atoms with Gasteiger partial charge < -0.3 is 10.5 Å². The zero-order valence-corrected chi connectivity index (χ0v) is 10.8. The van der Waals surface area contributed by atoms with Crippen LogP contribution in [0.15, 0.2) is 0 Å². The van der Waals surface area contributed by atoms with Crippen molar-refractivity contribution in [3.63, 3.8) is 0 Å². The van der Waals surface area contributed by atoms with Crippen LogP contribution in [0.4, 0.5) is 0 Å². The van der Waals surface area contributed by atoms with Crippen LogP contribution in [0, 0.1) is 5.92 Å². The second-order valence-electron chi connectivity index (χ2n) is 4.11. The summed E-state index contributed by atoms with van der Waals surface area (Å²) in [5.41, 5.74) is 6.09. The molecule has 0 radical (unpaired) electrons. The second-order valence-corrected chi connectivity index (χ2v) is 4.11. The number of esters is 1. The average molecular weight is 254 g/mol. The number of hydrogen-bond acceptors (Lipinski definition) is 5. The van der Waals surface area contributed by atoms with Gasteiger partial charge in [0.15, 0.2) is 5.69 Å². The Morgan fingerprint density at radius 2 is 2.17 bits per heavy atom. The van der Waals surface area contributed by atoms with E-state index in [0.29, 0.717) is 18.7 Å². The van der Waals surface area contributed by atoms with Crippen LogP contribution in [0.25, 0.3) is 0 Å². The fourth-order valence-corrected chi connectivity index (χ4v) is 1.57. The highest BCUT2D eigenvalue weighted by Gasteiger charge is 2.21. The lowest BCUT2D eigenvalue weighted by Crippen LogP contribution is -2.26. The lowest BCUT2D eigenvalue weighted by Gasteiger charge is -2.10.